The van der Waals surface area contributed by atoms with E-state index in [2.05, 4.69) is 4.72 Å². The van der Waals surface area contributed by atoms with Crippen LogP contribution in [-0.4, -0.2) is 26.2 Å². The van der Waals surface area contributed by atoms with E-state index in [0.29, 0.717) is 11.1 Å². The third kappa shape index (κ3) is 4.99. The molecular formula is C13H18N2O3S. The molecule has 1 aromatic carbocycles. The van der Waals surface area contributed by atoms with Crippen molar-refractivity contribution in [3.05, 3.63) is 35.4 Å². The maximum Gasteiger partial charge on any atom is 0.216 e. The topological polar surface area (TPSA) is 90.2 Å². The minimum Gasteiger partial charge on any atom is -0.395 e. The molecule has 1 aromatic rings. The highest BCUT2D eigenvalue weighted by molar-refractivity contribution is 7.88. The van der Waals surface area contributed by atoms with Gasteiger partial charge in [-0.1, -0.05) is 26.0 Å². The van der Waals surface area contributed by atoms with Gasteiger partial charge in [0.1, 0.15) is 0 Å². The molecular weight excluding hydrogens is 264 g/mol. The van der Waals surface area contributed by atoms with Crippen molar-refractivity contribution < 1.29 is 13.5 Å². The van der Waals surface area contributed by atoms with Crippen LogP contribution < -0.4 is 4.72 Å². The number of nitriles is 1. The van der Waals surface area contributed by atoms with Crippen LogP contribution in [0, 0.1) is 17.2 Å². The van der Waals surface area contributed by atoms with Crippen molar-refractivity contribution >= 4 is 10.0 Å². The number of hydrogen-bond acceptors (Lipinski definition) is 4. The minimum atomic E-state index is -3.54. The van der Waals surface area contributed by atoms with E-state index in [9.17, 15) is 8.42 Å². The number of nitrogens with zero attached hydrogens (tertiary/aromatic N) is 1. The van der Waals surface area contributed by atoms with Crippen LogP contribution in [0.25, 0.3) is 0 Å². The van der Waals surface area contributed by atoms with Crippen LogP contribution in [0.1, 0.15) is 25.0 Å². The van der Waals surface area contributed by atoms with Crippen molar-refractivity contribution in [3.8, 4) is 6.07 Å². The molecule has 2 N–H and O–H groups in total. The van der Waals surface area contributed by atoms with E-state index >= 15 is 0 Å². The first-order valence-electron chi connectivity index (χ1n) is 5.98. The SMILES string of the molecule is CC(C)C(CO)NS(=O)(=O)Cc1cccc(C#N)c1. The lowest BCUT2D eigenvalue weighted by Crippen LogP contribution is -2.41. The van der Waals surface area contributed by atoms with Gasteiger partial charge in [0.15, 0.2) is 0 Å². The monoisotopic (exact) mass is 282 g/mol. The molecule has 0 aromatic heterocycles. The fraction of sp³-hybridized carbons (Fsp3) is 0.462. The highest BCUT2D eigenvalue weighted by Crippen LogP contribution is 2.10. The van der Waals surface area contributed by atoms with Crippen molar-refractivity contribution in [2.75, 3.05) is 6.61 Å². The standard InChI is InChI=1S/C13H18N2O3S/c1-10(2)13(8-16)15-19(17,18)9-12-5-3-4-11(6-12)7-14/h3-6,10,13,15-16H,8-9H2,1-2H3. The Bertz CT molecular complexity index is 561. The fourth-order valence-corrected chi connectivity index (χ4v) is 3.12. The van der Waals surface area contributed by atoms with E-state index in [4.69, 9.17) is 10.4 Å². The van der Waals surface area contributed by atoms with Crippen molar-refractivity contribution in [3.63, 3.8) is 0 Å². The lowest BCUT2D eigenvalue weighted by molar-refractivity contribution is 0.227. The lowest BCUT2D eigenvalue weighted by Gasteiger charge is -2.19. The second kappa shape index (κ2) is 6.66. The molecule has 5 nitrogen and oxygen atoms in total. The maximum atomic E-state index is 12.0. The predicted octanol–water partition coefficient (Wildman–Crippen LogP) is 0.995. The zero-order valence-corrected chi connectivity index (χ0v) is 11.8. The average Bonchev–Trinajstić information content (AvgIpc) is 2.35. The van der Waals surface area contributed by atoms with Gasteiger partial charge in [-0.25, -0.2) is 13.1 Å². The van der Waals surface area contributed by atoms with Crippen molar-refractivity contribution in [1.29, 1.82) is 5.26 Å². The summed E-state index contributed by atoms with van der Waals surface area (Å²) < 4.78 is 26.4. The van der Waals surface area contributed by atoms with Crippen LogP contribution in [0.4, 0.5) is 0 Å². The summed E-state index contributed by atoms with van der Waals surface area (Å²) in [5.41, 5.74) is 0.974. The summed E-state index contributed by atoms with van der Waals surface area (Å²) in [5.74, 6) is -0.198. The summed E-state index contributed by atoms with van der Waals surface area (Å²) in [6.07, 6.45) is 0. The van der Waals surface area contributed by atoms with Gasteiger partial charge < -0.3 is 5.11 Å². The molecule has 0 aliphatic carbocycles. The molecule has 0 saturated heterocycles. The van der Waals surface area contributed by atoms with Gasteiger partial charge in [-0.15, -0.1) is 0 Å². The molecule has 0 bridgehead atoms. The Morgan fingerprint density at radius 2 is 2.11 bits per heavy atom. The fourth-order valence-electron chi connectivity index (χ4n) is 1.61. The first kappa shape index (κ1) is 15.6. The van der Waals surface area contributed by atoms with Gasteiger partial charge in [-0.05, 0) is 23.6 Å². The number of aliphatic hydroxyl groups excluding tert-OH is 1. The molecule has 0 aliphatic heterocycles. The van der Waals surface area contributed by atoms with E-state index in [-0.39, 0.29) is 18.3 Å². The smallest absolute Gasteiger partial charge is 0.216 e. The maximum absolute atomic E-state index is 12.0. The zero-order valence-electron chi connectivity index (χ0n) is 11.0. The second-order valence-corrected chi connectivity index (χ2v) is 6.48. The normalized spacial score (nSPS) is 13.2. The van der Waals surface area contributed by atoms with Gasteiger partial charge in [0, 0.05) is 6.04 Å². The van der Waals surface area contributed by atoms with Crippen LogP contribution in [0.15, 0.2) is 24.3 Å². The van der Waals surface area contributed by atoms with Gasteiger partial charge in [0.05, 0.1) is 24.0 Å². The van der Waals surface area contributed by atoms with E-state index in [1.54, 1.807) is 24.3 Å². The number of aliphatic hydroxyl groups is 1. The van der Waals surface area contributed by atoms with E-state index in [1.165, 1.54) is 0 Å². The summed E-state index contributed by atoms with van der Waals surface area (Å²) in [5, 5.41) is 17.9. The highest BCUT2D eigenvalue weighted by Gasteiger charge is 2.20. The number of rotatable bonds is 6. The lowest BCUT2D eigenvalue weighted by atomic mass is 10.1. The Labute approximate surface area is 113 Å². The van der Waals surface area contributed by atoms with Gasteiger partial charge in [0.2, 0.25) is 10.0 Å². The Balaban J connectivity index is 2.82. The average molecular weight is 282 g/mol. The molecule has 1 unspecified atom stereocenters. The minimum absolute atomic E-state index is 0.00483. The summed E-state index contributed by atoms with van der Waals surface area (Å²) in [6.45, 7) is 3.43. The quantitative estimate of drug-likeness (QED) is 0.814. The number of sulfonamides is 1. The summed E-state index contributed by atoms with van der Waals surface area (Å²) >= 11 is 0. The second-order valence-electron chi connectivity index (χ2n) is 4.72. The van der Waals surface area contributed by atoms with Gasteiger partial charge >= 0.3 is 0 Å². The molecule has 0 radical (unpaired) electrons. The molecule has 0 spiro atoms. The summed E-state index contributed by atoms with van der Waals surface area (Å²) in [4.78, 5) is 0. The van der Waals surface area contributed by atoms with E-state index in [1.807, 2.05) is 19.9 Å². The van der Waals surface area contributed by atoms with Crippen LogP contribution >= 0.6 is 0 Å². The van der Waals surface area contributed by atoms with Gasteiger partial charge in [-0.3, -0.25) is 0 Å². The molecule has 0 saturated carbocycles. The van der Waals surface area contributed by atoms with Crippen molar-refractivity contribution in [1.82, 2.24) is 4.72 Å². The third-order valence-electron chi connectivity index (χ3n) is 2.75. The largest absolute Gasteiger partial charge is 0.395 e. The molecule has 0 heterocycles. The first-order valence-corrected chi connectivity index (χ1v) is 7.63. The Hall–Kier alpha value is -1.42. The van der Waals surface area contributed by atoms with Crippen molar-refractivity contribution in [2.24, 2.45) is 5.92 Å². The predicted molar refractivity (Wildman–Crippen MR) is 72.6 cm³/mol. The third-order valence-corrected chi connectivity index (χ3v) is 4.12. The first-order chi connectivity index (χ1) is 8.88. The van der Waals surface area contributed by atoms with Crippen LogP contribution in [0.2, 0.25) is 0 Å². The number of hydrogen-bond donors (Lipinski definition) is 2. The molecule has 6 heteroatoms. The molecule has 0 amide bonds. The summed E-state index contributed by atoms with van der Waals surface area (Å²) in [7, 11) is -3.54. The summed E-state index contributed by atoms with van der Waals surface area (Å²) in [6, 6.07) is 7.94. The van der Waals surface area contributed by atoms with E-state index in [0.717, 1.165) is 0 Å². The molecule has 0 fully saturated rings. The highest BCUT2D eigenvalue weighted by atomic mass is 32.2. The molecule has 1 atom stereocenters. The Morgan fingerprint density at radius 1 is 1.42 bits per heavy atom. The van der Waals surface area contributed by atoms with Gasteiger partial charge in [0.25, 0.3) is 0 Å². The Morgan fingerprint density at radius 3 is 2.63 bits per heavy atom. The Kier molecular flexibility index (Phi) is 5.48. The molecule has 1 rings (SSSR count). The van der Waals surface area contributed by atoms with Crippen molar-refractivity contribution in [2.45, 2.75) is 25.6 Å². The number of nitrogens with one attached hydrogen (secondary N) is 1. The van der Waals surface area contributed by atoms with Crippen LogP contribution in [-0.2, 0) is 15.8 Å². The van der Waals surface area contributed by atoms with E-state index < -0.39 is 16.1 Å². The molecule has 19 heavy (non-hydrogen) atoms. The van der Waals surface area contributed by atoms with Crippen LogP contribution in [0.3, 0.4) is 0 Å². The zero-order chi connectivity index (χ0) is 14.5. The van der Waals surface area contributed by atoms with Gasteiger partial charge in [-0.2, -0.15) is 5.26 Å². The number of benzene rings is 1. The van der Waals surface area contributed by atoms with Crippen LogP contribution in [0.5, 0.6) is 0 Å². The molecule has 104 valence electrons. The molecule has 0 aliphatic rings.